The standard InChI is InChI=1S/C14H19NO2/c1-3-15-7-6-12-9-11(4-5-13(12)15)10(2)8-14(16)17/h4-5,9-10H,3,6-8H2,1-2H3,(H,16,17). The Labute approximate surface area is 102 Å². The summed E-state index contributed by atoms with van der Waals surface area (Å²) in [6, 6.07) is 6.39. The van der Waals surface area contributed by atoms with Gasteiger partial charge in [0.05, 0.1) is 6.42 Å². The molecule has 0 saturated heterocycles. The summed E-state index contributed by atoms with van der Waals surface area (Å²) in [5, 5.41) is 8.81. The zero-order chi connectivity index (χ0) is 12.4. The van der Waals surface area contributed by atoms with Crippen LogP contribution in [0.3, 0.4) is 0 Å². The van der Waals surface area contributed by atoms with Crippen molar-refractivity contribution in [2.24, 2.45) is 0 Å². The molecule has 1 aliphatic rings. The van der Waals surface area contributed by atoms with Gasteiger partial charge in [0.15, 0.2) is 0 Å². The van der Waals surface area contributed by atoms with Gasteiger partial charge in [0.25, 0.3) is 0 Å². The number of carbonyl (C=O) groups is 1. The smallest absolute Gasteiger partial charge is 0.303 e. The van der Waals surface area contributed by atoms with Gasteiger partial charge in [0.1, 0.15) is 0 Å². The molecule has 0 saturated carbocycles. The molecule has 0 aromatic heterocycles. The van der Waals surface area contributed by atoms with E-state index in [0.29, 0.717) is 0 Å². The van der Waals surface area contributed by atoms with E-state index in [1.54, 1.807) is 0 Å². The molecule has 92 valence electrons. The Kier molecular flexibility index (Phi) is 3.36. The Hall–Kier alpha value is -1.51. The third kappa shape index (κ3) is 2.43. The van der Waals surface area contributed by atoms with Gasteiger partial charge in [-0.15, -0.1) is 0 Å². The van der Waals surface area contributed by atoms with E-state index in [1.165, 1.54) is 11.3 Å². The molecule has 1 atom stereocenters. The van der Waals surface area contributed by atoms with Crippen LogP contribution in [0.1, 0.15) is 37.3 Å². The van der Waals surface area contributed by atoms with E-state index in [-0.39, 0.29) is 12.3 Å². The van der Waals surface area contributed by atoms with E-state index >= 15 is 0 Å². The van der Waals surface area contributed by atoms with Crippen LogP contribution in [0.25, 0.3) is 0 Å². The Bertz CT molecular complexity index is 428. The Morgan fingerprint density at radius 2 is 2.29 bits per heavy atom. The van der Waals surface area contributed by atoms with Gasteiger partial charge >= 0.3 is 5.97 Å². The number of hydrogen-bond acceptors (Lipinski definition) is 2. The van der Waals surface area contributed by atoms with Crippen LogP contribution >= 0.6 is 0 Å². The average Bonchev–Trinajstić information content (AvgIpc) is 2.69. The van der Waals surface area contributed by atoms with Crippen molar-refractivity contribution in [3.05, 3.63) is 29.3 Å². The van der Waals surface area contributed by atoms with Crippen LogP contribution in [0, 0.1) is 0 Å². The second-order valence-corrected chi connectivity index (χ2v) is 4.72. The first-order chi connectivity index (χ1) is 8.11. The molecule has 17 heavy (non-hydrogen) atoms. The van der Waals surface area contributed by atoms with E-state index in [1.807, 2.05) is 6.92 Å². The molecule has 1 aliphatic heterocycles. The molecule has 1 aromatic rings. The van der Waals surface area contributed by atoms with E-state index in [9.17, 15) is 4.79 Å². The summed E-state index contributed by atoms with van der Waals surface area (Å²) in [5.74, 6) is -0.637. The van der Waals surface area contributed by atoms with Crippen LogP contribution in [0.5, 0.6) is 0 Å². The number of benzene rings is 1. The van der Waals surface area contributed by atoms with Crippen LogP contribution in [0.4, 0.5) is 5.69 Å². The summed E-state index contributed by atoms with van der Waals surface area (Å²) in [5.41, 5.74) is 3.82. The first-order valence-corrected chi connectivity index (χ1v) is 6.21. The van der Waals surface area contributed by atoms with Crippen LogP contribution in [0.15, 0.2) is 18.2 Å². The van der Waals surface area contributed by atoms with Gasteiger partial charge in [-0.25, -0.2) is 0 Å². The molecule has 0 amide bonds. The minimum Gasteiger partial charge on any atom is -0.481 e. The molecule has 1 N–H and O–H groups in total. The zero-order valence-corrected chi connectivity index (χ0v) is 10.4. The predicted molar refractivity (Wildman–Crippen MR) is 68.7 cm³/mol. The van der Waals surface area contributed by atoms with Crippen molar-refractivity contribution in [2.45, 2.75) is 32.6 Å². The highest BCUT2D eigenvalue weighted by Gasteiger charge is 2.19. The van der Waals surface area contributed by atoms with Gasteiger partial charge in [-0.1, -0.05) is 19.1 Å². The van der Waals surface area contributed by atoms with Crippen molar-refractivity contribution in [2.75, 3.05) is 18.0 Å². The maximum Gasteiger partial charge on any atom is 0.303 e. The van der Waals surface area contributed by atoms with Crippen molar-refractivity contribution >= 4 is 11.7 Å². The number of carboxylic acids is 1. The van der Waals surface area contributed by atoms with Crippen LogP contribution < -0.4 is 4.90 Å². The first kappa shape index (κ1) is 12.0. The van der Waals surface area contributed by atoms with Crippen molar-refractivity contribution < 1.29 is 9.90 Å². The minimum atomic E-state index is -0.729. The van der Waals surface area contributed by atoms with Gasteiger partial charge in [0, 0.05) is 18.8 Å². The zero-order valence-electron chi connectivity index (χ0n) is 10.4. The number of nitrogens with zero attached hydrogens (tertiary/aromatic N) is 1. The molecule has 0 bridgehead atoms. The van der Waals surface area contributed by atoms with Gasteiger partial charge in [-0.2, -0.15) is 0 Å². The maximum atomic E-state index is 10.7. The van der Waals surface area contributed by atoms with Crippen LogP contribution in [0.2, 0.25) is 0 Å². The molecule has 1 heterocycles. The van der Waals surface area contributed by atoms with Gasteiger partial charge in [-0.3, -0.25) is 4.79 Å². The summed E-state index contributed by atoms with van der Waals surface area (Å²) in [6.07, 6.45) is 1.28. The fraction of sp³-hybridized carbons (Fsp3) is 0.500. The lowest BCUT2D eigenvalue weighted by Gasteiger charge is -2.17. The highest BCUT2D eigenvalue weighted by Crippen LogP contribution is 2.31. The lowest BCUT2D eigenvalue weighted by molar-refractivity contribution is -0.137. The van der Waals surface area contributed by atoms with E-state index in [4.69, 9.17) is 5.11 Å². The summed E-state index contributed by atoms with van der Waals surface area (Å²) in [7, 11) is 0. The topological polar surface area (TPSA) is 40.5 Å². The molecule has 0 aliphatic carbocycles. The summed E-state index contributed by atoms with van der Waals surface area (Å²) >= 11 is 0. The van der Waals surface area contributed by atoms with E-state index in [0.717, 1.165) is 25.1 Å². The number of carboxylic acid groups (broad SMARTS) is 1. The molecular weight excluding hydrogens is 214 g/mol. The molecule has 3 heteroatoms. The van der Waals surface area contributed by atoms with Gasteiger partial charge in [0.2, 0.25) is 0 Å². The monoisotopic (exact) mass is 233 g/mol. The minimum absolute atomic E-state index is 0.0912. The number of fused-ring (bicyclic) bond motifs is 1. The fourth-order valence-electron chi connectivity index (χ4n) is 2.50. The average molecular weight is 233 g/mol. The maximum absolute atomic E-state index is 10.7. The van der Waals surface area contributed by atoms with Crippen molar-refractivity contribution in [3.63, 3.8) is 0 Å². The molecule has 0 radical (unpaired) electrons. The third-order valence-corrected chi connectivity index (χ3v) is 3.53. The molecule has 1 aromatic carbocycles. The molecule has 2 rings (SSSR count). The molecule has 0 fully saturated rings. The second-order valence-electron chi connectivity index (χ2n) is 4.72. The van der Waals surface area contributed by atoms with Crippen molar-refractivity contribution in [3.8, 4) is 0 Å². The van der Waals surface area contributed by atoms with Gasteiger partial charge < -0.3 is 10.0 Å². The van der Waals surface area contributed by atoms with E-state index in [2.05, 4.69) is 30.0 Å². The summed E-state index contributed by atoms with van der Waals surface area (Å²) < 4.78 is 0. The number of aliphatic carboxylic acids is 1. The van der Waals surface area contributed by atoms with E-state index < -0.39 is 5.97 Å². The Morgan fingerprint density at radius 3 is 2.94 bits per heavy atom. The lowest BCUT2D eigenvalue weighted by Crippen LogP contribution is -2.19. The fourth-order valence-corrected chi connectivity index (χ4v) is 2.50. The number of hydrogen-bond donors (Lipinski definition) is 1. The normalized spacial score (nSPS) is 15.8. The number of likely N-dealkylation sites (N-methyl/N-ethyl adjacent to an activating group) is 1. The summed E-state index contributed by atoms with van der Waals surface area (Å²) in [4.78, 5) is 13.1. The van der Waals surface area contributed by atoms with Gasteiger partial charge in [-0.05, 0) is 36.5 Å². The third-order valence-electron chi connectivity index (χ3n) is 3.53. The largest absolute Gasteiger partial charge is 0.481 e. The quantitative estimate of drug-likeness (QED) is 0.869. The van der Waals surface area contributed by atoms with Crippen molar-refractivity contribution in [1.29, 1.82) is 0 Å². The van der Waals surface area contributed by atoms with Crippen LogP contribution in [-0.4, -0.2) is 24.2 Å². The Balaban J connectivity index is 2.20. The molecular formula is C14H19NO2. The molecule has 0 spiro atoms. The first-order valence-electron chi connectivity index (χ1n) is 6.21. The number of anilines is 1. The second kappa shape index (κ2) is 4.78. The van der Waals surface area contributed by atoms with Crippen LogP contribution in [-0.2, 0) is 11.2 Å². The highest BCUT2D eigenvalue weighted by molar-refractivity contribution is 5.68. The van der Waals surface area contributed by atoms with Crippen molar-refractivity contribution in [1.82, 2.24) is 0 Å². The molecule has 1 unspecified atom stereocenters. The summed E-state index contributed by atoms with van der Waals surface area (Å²) in [6.45, 7) is 6.26. The lowest BCUT2D eigenvalue weighted by atomic mass is 9.95. The SMILES string of the molecule is CCN1CCc2cc(C(C)CC(=O)O)ccc21. The predicted octanol–water partition coefficient (Wildman–Crippen LogP) is 2.65. The molecule has 3 nitrogen and oxygen atoms in total. The highest BCUT2D eigenvalue weighted by atomic mass is 16.4. The number of rotatable bonds is 4. The Morgan fingerprint density at radius 1 is 1.53 bits per heavy atom.